The average molecular weight is 396 g/mol. The van der Waals surface area contributed by atoms with E-state index in [2.05, 4.69) is 22.2 Å². The number of amides is 2. The number of benzene rings is 1. The minimum Gasteiger partial charge on any atom is -0.443 e. The standard InChI is InChI=1S/C22H28N4O3/c1-25-12-9-17(10-13-25)22(28)26-11-5-8-18(14-26)24-21(27)19-20(29-15-23-19)16-6-3-2-4-7-16/h2-4,6-7,15,17-18H,5,8-14H2,1H3,(H,24,27)/t18-/m0/s1. The van der Waals surface area contributed by atoms with Gasteiger partial charge in [-0.15, -0.1) is 0 Å². The van der Waals surface area contributed by atoms with Gasteiger partial charge in [-0.3, -0.25) is 9.59 Å². The van der Waals surface area contributed by atoms with E-state index in [9.17, 15) is 9.59 Å². The van der Waals surface area contributed by atoms with Gasteiger partial charge in [0.25, 0.3) is 5.91 Å². The lowest BCUT2D eigenvalue weighted by molar-refractivity contribution is -0.138. The number of nitrogens with one attached hydrogen (secondary N) is 1. The highest BCUT2D eigenvalue weighted by atomic mass is 16.3. The number of hydrogen-bond donors (Lipinski definition) is 1. The van der Waals surface area contributed by atoms with E-state index < -0.39 is 0 Å². The molecule has 4 rings (SSSR count). The van der Waals surface area contributed by atoms with Gasteiger partial charge in [0.2, 0.25) is 5.91 Å². The SMILES string of the molecule is CN1CCC(C(=O)N2CCC[C@H](NC(=O)c3ncoc3-c3ccccc3)C2)CC1. The Labute approximate surface area is 171 Å². The van der Waals surface area contributed by atoms with E-state index in [4.69, 9.17) is 4.42 Å². The first-order chi connectivity index (χ1) is 14.1. The van der Waals surface area contributed by atoms with Gasteiger partial charge in [-0.25, -0.2) is 4.98 Å². The van der Waals surface area contributed by atoms with E-state index in [0.29, 0.717) is 12.3 Å². The van der Waals surface area contributed by atoms with Gasteiger partial charge in [0.1, 0.15) is 0 Å². The summed E-state index contributed by atoms with van der Waals surface area (Å²) >= 11 is 0. The molecule has 0 unspecified atom stereocenters. The van der Waals surface area contributed by atoms with Crippen LogP contribution in [0.4, 0.5) is 0 Å². The first kappa shape index (κ1) is 19.6. The first-order valence-corrected chi connectivity index (χ1v) is 10.4. The van der Waals surface area contributed by atoms with Gasteiger partial charge in [0.05, 0.1) is 0 Å². The quantitative estimate of drug-likeness (QED) is 0.859. The fourth-order valence-corrected chi connectivity index (χ4v) is 4.26. The molecule has 0 aliphatic carbocycles. The third-order valence-electron chi connectivity index (χ3n) is 5.95. The monoisotopic (exact) mass is 396 g/mol. The van der Waals surface area contributed by atoms with Crippen molar-refractivity contribution in [1.82, 2.24) is 20.1 Å². The van der Waals surface area contributed by atoms with Crippen LogP contribution < -0.4 is 5.32 Å². The van der Waals surface area contributed by atoms with Gasteiger partial charge in [-0.05, 0) is 45.8 Å². The molecule has 0 radical (unpaired) electrons. The third kappa shape index (κ3) is 4.50. The molecule has 29 heavy (non-hydrogen) atoms. The summed E-state index contributed by atoms with van der Waals surface area (Å²) in [6, 6.07) is 9.42. The van der Waals surface area contributed by atoms with Crippen LogP contribution in [0.2, 0.25) is 0 Å². The summed E-state index contributed by atoms with van der Waals surface area (Å²) in [4.78, 5) is 34.1. The number of oxazole rings is 1. The van der Waals surface area contributed by atoms with Crippen LogP contribution in [0.3, 0.4) is 0 Å². The van der Waals surface area contributed by atoms with Crippen molar-refractivity contribution in [2.75, 3.05) is 33.2 Å². The number of likely N-dealkylation sites (tertiary alicyclic amines) is 2. The van der Waals surface area contributed by atoms with E-state index in [0.717, 1.165) is 50.9 Å². The second kappa shape index (κ2) is 8.78. The average Bonchev–Trinajstić information content (AvgIpc) is 3.25. The summed E-state index contributed by atoms with van der Waals surface area (Å²) in [6.07, 6.45) is 4.90. The van der Waals surface area contributed by atoms with Crippen LogP contribution in [0.5, 0.6) is 0 Å². The van der Waals surface area contributed by atoms with Crippen LogP contribution in [0.15, 0.2) is 41.1 Å². The van der Waals surface area contributed by atoms with Crippen molar-refractivity contribution in [3.05, 3.63) is 42.4 Å². The van der Waals surface area contributed by atoms with E-state index in [-0.39, 0.29) is 29.5 Å². The van der Waals surface area contributed by atoms with Gasteiger partial charge < -0.3 is 19.5 Å². The Morgan fingerprint density at radius 1 is 1.10 bits per heavy atom. The van der Waals surface area contributed by atoms with E-state index >= 15 is 0 Å². The number of carbonyl (C=O) groups is 2. The zero-order valence-electron chi connectivity index (χ0n) is 16.8. The van der Waals surface area contributed by atoms with Crippen LogP contribution in [0.1, 0.15) is 36.2 Å². The first-order valence-electron chi connectivity index (χ1n) is 10.4. The number of rotatable bonds is 4. The van der Waals surface area contributed by atoms with Crippen molar-refractivity contribution in [2.24, 2.45) is 5.92 Å². The Balaban J connectivity index is 1.38. The van der Waals surface area contributed by atoms with Crippen molar-refractivity contribution in [1.29, 1.82) is 0 Å². The van der Waals surface area contributed by atoms with Crippen LogP contribution >= 0.6 is 0 Å². The van der Waals surface area contributed by atoms with Gasteiger partial charge in [-0.1, -0.05) is 30.3 Å². The molecule has 7 nitrogen and oxygen atoms in total. The summed E-state index contributed by atoms with van der Waals surface area (Å²) < 4.78 is 5.47. The molecule has 2 amide bonds. The van der Waals surface area contributed by atoms with Crippen molar-refractivity contribution < 1.29 is 14.0 Å². The summed E-state index contributed by atoms with van der Waals surface area (Å²) in [6.45, 7) is 3.28. The molecule has 0 spiro atoms. The zero-order chi connectivity index (χ0) is 20.2. The molecule has 1 N–H and O–H groups in total. The number of carbonyl (C=O) groups excluding carboxylic acids is 2. The minimum atomic E-state index is -0.254. The topological polar surface area (TPSA) is 78.7 Å². The van der Waals surface area contributed by atoms with E-state index in [1.165, 1.54) is 6.39 Å². The molecule has 2 aliphatic rings. The maximum absolute atomic E-state index is 12.9. The summed E-state index contributed by atoms with van der Waals surface area (Å²) in [7, 11) is 2.10. The van der Waals surface area contributed by atoms with Crippen LogP contribution in [-0.2, 0) is 4.79 Å². The molecule has 1 aromatic carbocycles. The van der Waals surface area contributed by atoms with Crippen LogP contribution in [0.25, 0.3) is 11.3 Å². The van der Waals surface area contributed by atoms with Gasteiger partial charge >= 0.3 is 0 Å². The molecule has 2 fully saturated rings. The summed E-state index contributed by atoms with van der Waals surface area (Å²) in [5, 5.41) is 3.06. The van der Waals surface area contributed by atoms with Crippen molar-refractivity contribution >= 4 is 11.8 Å². The lowest BCUT2D eigenvalue weighted by Gasteiger charge is -2.37. The lowest BCUT2D eigenvalue weighted by Crippen LogP contribution is -2.52. The van der Waals surface area contributed by atoms with Gasteiger partial charge in [0.15, 0.2) is 17.8 Å². The van der Waals surface area contributed by atoms with Gasteiger partial charge in [-0.2, -0.15) is 0 Å². The Kier molecular flexibility index (Phi) is 5.94. The maximum Gasteiger partial charge on any atom is 0.274 e. The molecule has 0 saturated carbocycles. The fraction of sp³-hybridized carbons (Fsp3) is 0.500. The highest BCUT2D eigenvalue weighted by molar-refractivity contribution is 5.97. The molecule has 2 aromatic rings. The number of nitrogens with zero attached hydrogens (tertiary/aromatic N) is 3. The smallest absolute Gasteiger partial charge is 0.274 e. The van der Waals surface area contributed by atoms with Crippen LogP contribution in [-0.4, -0.2) is 65.9 Å². The predicted molar refractivity (Wildman–Crippen MR) is 109 cm³/mol. The zero-order valence-corrected chi connectivity index (χ0v) is 16.8. The number of piperidine rings is 2. The second-order valence-electron chi connectivity index (χ2n) is 8.07. The second-order valence-corrected chi connectivity index (χ2v) is 8.07. The van der Waals surface area contributed by atoms with Crippen molar-refractivity contribution in [3.63, 3.8) is 0 Å². The van der Waals surface area contributed by atoms with Crippen molar-refractivity contribution in [2.45, 2.75) is 31.7 Å². The van der Waals surface area contributed by atoms with Crippen molar-refractivity contribution in [3.8, 4) is 11.3 Å². The molecule has 1 aromatic heterocycles. The third-order valence-corrected chi connectivity index (χ3v) is 5.95. The Morgan fingerprint density at radius 2 is 1.86 bits per heavy atom. The molecular formula is C22H28N4O3. The summed E-state index contributed by atoms with van der Waals surface area (Å²) in [5.41, 5.74) is 1.10. The molecule has 0 bridgehead atoms. The Bertz CT molecular complexity index is 843. The summed E-state index contributed by atoms with van der Waals surface area (Å²) in [5.74, 6) is 0.568. The highest BCUT2D eigenvalue weighted by Crippen LogP contribution is 2.24. The lowest BCUT2D eigenvalue weighted by atomic mass is 9.94. The largest absolute Gasteiger partial charge is 0.443 e. The van der Waals surface area contributed by atoms with E-state index in [1.54, 1.807) is 0 Å². The molecule has 2 aliphatic heterocycles. The normalized spacial score (nSPS) is 21.1. The fourth-order valence-electron chi connectivity index (χ4n) is 4.26. The van der Waals surface area contributed by atoms with Crippen LogP contribution in [0, 0.1) is 5.92 Å². The Hall–Kier alpha value is -2.67. The molecule has 7 heteroatoms. The number of aromatic nitrogens is 1. The number of hydrogen-bond acceptors (Lipinski definition) is 5. The molecule has 1 atom stereocenters. The maximum atomic E-state index is 12.9. The molecule has 2 saturated heterocycles. The van der Waals surface area contributed by atoms with Gasteiger partial charge in [0, 0.05) is 30.6 Å². The minimum absolute atomic E-state index is 0.0632. The molecule has 3 heterocycles. The molecule has 154 valence electrons. The highest BCUT2D eigenvalue weighted by Gasteiger charge is 2.32. The Morgan fingerprint density at radius 3 is 2.62 bits per heavy atom. The molecular weight excluding hydrogens is 368 g/mol. The van der Waals surface area contributed by atoms with E-state index in [1.807, 2.05) is 35.2 Å². The predicted octanol–water partition coefficient (Wildman–Crippen LogP) is 2.40.